The van der Waals surface area contributed by atoms with Gasteiger partial charge in [-0.25, -0.2) is 0 Å². The number of ketones is 1. The van der Waals surface area contributed by atoms with Crippen LogP contribution in [-0.4, -0.2) is 16.0 Å². The maximum atomic E-state index is 11.9. The minimum absolute atomic E-state index is 0.0657. The molecule has 1 heterocycles. The van der Waals surface area contributed by atoms with Gasteiger partial charge in [0.15, 0.2) is 5.78 Å². The summed E-state index contributed by atoms with van der Waals surface area (Å²) in [5.74, 6) is -0.0657. The van der Waals surface area contributed by atoms with Crippen LogP contribution in [-0.2, 0) is 6.42 Å². The molecule has 0 amide bonds. The first-order valence-corrected chi connectivity index (χ1v) is 5.67. The lowest BCUT2D eigenvalue weighted by Crippen LogP contribution is -2.04. The lowest BCUT2D eigenvalue weighted by Gasteiger charge is -2.04. The predicted molar refractivity (Wildman–Crippen MR) is 66.5 cm³/mol. The van der Waals surface area contributed by atoms with Gasteiger partial charge in [0, 0.05) is 12.0 Å². The predicted octanol–water partition coefficient (Wildman–Crippen LogP) is 3.21. The normalized spacial score (nSPS) is 10.2. The summed E-state index contributed by atoms with van der Waals surface area (Å²) in [5, 5.41) is 8.14. The van der Waals surface area contributed by atoms with Crippen LogP contribution < -0.4 is 0 Å². The summed E-state index contributed by atoms with van der Waals surface area (Å²) in [6.07, 6.45) is 3.11. The van der Waals surface area contributed by atoms with Crippen molar-refractivity contribution in [2.45, 2.75) is 6.42 Å². The van der Waals surface area contributed by atoms with Gasteiger partial charge in [-0.05, 0) is 17.7 Å². The number of benzene rings is 1. The molecule has 0 N–H and O–H groups in total. The summed E-state index contributed by atoms with van der Waals surface area (Å²) >= 11 is 11.9. The Morgan fingerprint density at radius 2 is 2.00 bits per heavy atom. The second-order valence-electron chi connectivity index (χ2n) is 3.44. The Labute approximate surface area is 108 Å². The van der Waals surface area contributed by atoms with Gasteiger partial charge in [-0.3, -0.25) is 4.79 Å². The molecule has 1 aromatic heterocycles. The van der Waals surface area contributed by atoms with Crippen molar-refractivity contribution >= 4 is 29.0 Å². The van der Waals surface area contributed by atoms with E-state index in [9.17, 15) is 4.79 Å². The third-order valence-corrected chi connectivity index (χ3v) is 3.15. The summed E-state index contributed by atoms with van der Waals surface area (Å²) in [4.78, 5) is 11.9. The Balaban J connectivity index is 2.22. The van der Waals surface area contributed by atoms with Gasteiger partial charge in [-0.1, -0.05) is 35.3 Å². The highest BCUT2D eigenvalue weighted by Crippen LogP contribution is 2.26. The maximum absolute atomic E-state index is 11.9. The summed E-state index contributed by atoms with van der Waals surface area (Å²) < 4.78 is 0. The molecule has 0 spiro atoms. The van der Waals surface area contributed by atoms with E-state index < -0.39 is 0 Å². The Bertz CT molecular complexity index is 543. The number of nitrogens with zero attached hydrogens (tertiary/aromatic N) is 2. The number of Topliss-reactive ketones (excluding diaryl/α,β-unsaturated/α-hetero) is 1. The average molecular weight is 267 g/mol. The molecule has 0 aliphatic carbocycles. The molecule has 0 radical (unpaired) electrons. The number of halogens is 2. The molecule has 0 aliphatic rings. The highest BCUT2D eigenvalue weighted by atomic mass is 35.5. The van der Waals surface area contributed by atoms with E-state index in [1.165, 1.54) is 12.4 Å². The van der Waals surface area contributed by atoms with Gasteiger partial charge in [0.25, 0.3) is 0 Å². The van der Waals surface area contributed by atoms with E-state index >= 15 is 0 Å². The van der Waals surface area contributed by atoms with Crippen molar-refractivity contribution in [2.24, 2.45) is 0 Å². The van der Waals surface area contributed by atoms with E-state index in [-0.39, 0.29) is 12.2 Å². The lowest BCUT2D eigenvalue weighted by atomic mass is 10.0. The summed E-state index contributed by atoms with van der Waals surface area (Å²) in [7, 11) is 0. The molecule has 2 aromatic rings. The van der Waals surface area contributed by atoms with Crippen molar-refractivity contribution in [3.05, 3.63) is 57.8 Å². The van der Waals surface area contributed by atoms with E-state index in [0.717, 1.165) is 0 Å². The van der Waals surface area contributed by atoms with Crippen molar-refractivity contribution in [2.75, 3.05) is 0 Å². The van der Waals surface area contributed by atoms with Crippen molar-refractivity contribution < 1.29 is 4.79 Å². The summed E-state index contributed by atoms with van der Waals surface area (Å²) in [6.45, 7) is 0. The molecule has 2 rings (SSSR count). The molecule has 0 fully saturated rings. The fourth-order valence-corrected chi connectivity index (χ4v) is 1.80. The number of hydrogen-bond donors (Lipinski definition) is 0. The first kappa shape index (κ1) is 12.0. The highest BCUT2D eigenvalue weighted by Gasteiger charge is 2.11. The molecular weight excluding hydrogens is 259 g/mol. The first-order chi connectivity index (χ1) is 8.18. The molecule has 0 aliphatic heterocycles. The van der Waals surface area contributed by atoms with E-state index in [4.69, 9.17) is 23.2 Å². The number of carbonyl (C=O) groups excluding carboxylic acids is 1. The van der Waals surface area contributed by atoms with Crippen molar-refractivity contribution in [3.8, 4) is 0 Å². The molecule has 0 bridgehead atoms. The fourth-order valence-electron chi connectivity index (χ4n) is 1.42. The summed E-state index contributed by atoms with van der Waals surface area (Å²) in [5.41, 5.74) is 1.22. The van der Waals surface area contributed by atoms with Gasteiger partial charge in [0.2, 0.25) is 0 Å². The number of hydrogen-bond acceptors (Lipinski definition) is 3. The van der Waals surface area contributed by atoms with Gasteiger partial charge in [-0.15, -0.1) is 0 Å². The zero-order valence-electron chi connectivity index (χ0n) is 8.73. The zero-order chi connectivity index (χ0) is 12.3. The SMILES string of the molecule is O=C(Cc1cccc(Cl)c1Cl)c1ccnnc1. The van der Waals surface area contributed by atoms with Crippen LogP contribution in [0, 0.1) is 0 Å². The first-order valence-electron chi connectivity index (χ1n) is 4.91. The van der Waals surface area contributed by atoms with Crippen LogP contribution in [0.25, 0.3) is 0 Å². The fraction of sp³-hybridized carbons (Fsp3) is 0.0833. The summed E-state index contributed by atoms with van der Waals surface area (Å²) in [6, 6.07) is 6.85. The largest absolute Gasteiger partial charge is 0.294 e. The van der Waals surface area contributed by atoms with Crippen LogP contribution in [0.3, 0.4) is 0 Å². The third kappa shape index (κ3) is 2.81. The standard InChI is InChI=1S/C12H8Cl2N2O/c13-10-3-1-2-8(12(10)14)6-11(17)9-4-5-15-16-7-9/h1-5,7H,6H2. The van der Waals surface area contributed by atoms with Crippen LogP contribution in [0.2, 0.25) is 10.0 Å². The third-order valence-electron chi connectivity index (χ3n) is 2.29. The Morgan fingerprint density at radius 3 is 2.71 bits per heavy atom. The van der Waals surface area contributed by atoms with Gasteiger partial charge < -0.3 is 0 Å². The lowest BCUT2D eigenvalue weighted by molar-refractivity contribution is 0.0992. The van der Waals surface area contributed by atoms with E-state index in [2.05, 4.69) is 10.2 Å². The molecule has 5 heteroatoms. The van der Waals surface area contributed by atoms with Crippen LogP contribution in [0.15, 0.2) is 36.7 Å². The maximum Gasteiger partial charge on any atom is 0.168 e. The molecule has 86 valence electrons. The van der Waals surface area contributed by atoms with Crippen molar-refractivity contribution in [1.82, 2.24) is 10.2 Å². The van der Waals surface area contributed by atoms with E-state index in [1.54, 1.807) is 24.3 Å². The monoisotopic (exact) mass is 266 g/mol. The number of rotatable bonds is 3. The minimum atomic E-state index is -0.0657. The quantitative estimate of drug-likeness (QED) is 0.802. The highest BCUT2D eigenvalue weighted by molar-refractivity contribution is 6.42. The van der Waals surface area contributed by atoms with Crippen molar-refractivity contribution in [1.29, 1.82) is 0 Å². The van der Waals surface area contributed by atoms with E-state index in [1.807, 2.05) is 0 Å². The van der Waals surface area contributed by atoms with E-state index in [0.29, 0.717) is 21.2 Å². The second kappa shape index (κ2) is 5.25. The van der Waals surface area contributed by atoms with Gasteiger partial charge >= 0.3 is 0 Å². The number of carbonyl (C=O) groups is 1. The van der Waals surface area contributed by atoms with Crippen LogP contribution in [0.5, 0.6) is 0 Å². The van der Waals surface area contributed by atoms with Gasteiger partial charge in [0.1, 0.15) is 0 Å². The Morgan fingerprint density at radius 1 is 1.18 bits per heavy atom. The molecule has 0 saturated carbocycles. The van der Waals surface area contributed by atoms with Crippen LogP contribution in [0.1, 0.15) is 15.9 Å². The second-order valence-corrected chi connectivity index (χ2v) is 4.23. The smallest absolute Gasteiger partial charge is 0.168 e. The zero-order valence-corrected chi connectivity index (χ0v) is 10.2. The van der Waals surface area contributed by atoms with Crippen LogP contribution in [0.4, 0.5) is 0 Å². The Kier molecular flexibility index (Phi) is 3.71. The van der Waals surface area contributed by atoms with Gasteiger partial charge in [0.05, 0.1) is 22.4 Å². The minimum Gasteiger partial charge on any atom is -0.294 e. The van der Waals surface area contributed by atoms with Crippen LogP contribution >= 0.6 is 23.2 Å². The molecule has 0 atom stereocenters. The number of aromatic nitrogens is 2. The van der Waals surface area contributed by atoms with Crippen molar-refractivity contribution in [3.63, 3.8) is 0 Å². The average Bonchev–Trinajstić information content (AvgIpc) is 2.36. The molecule has 0 saturated heterocycles. The molecule has 3 nitrogen and oxygen atoms in total. The molecule has 17 heavy (non-hydrogen) atoms. The molecular formula is C12H8Cl2N2O. The molecule has 1 aromatic carbocycles. The molecule has 0 unspecified atom stereocenters. The topological polar surface area (TPSA) is 42.9 Å². The van der Waals surface area contributed by atoms with Gasteiger partial charge in [-0.2, -0.15) is 10.2 Å². The Hall–Kier alpha value is -1.45.